The van der Waals surface area contributed by atoms with E-state index in [0.29, 0.717) is 17.8 Å². The van der Waals surface area contributed by atoms with Crippen LogP contribution in [-0.2, 0) is 11.2 Å². The van der Waals surface area contributed by atoms with Crippen molar-refractivity contribution < 1.29 is 9.90 Å². The number of nitrogens with two attached hydrogens (primary N) is 2. The van der Waals surface area contributed by atoms with Gasteiger partial charge in [0, 0.05) is 17.8 Å². The minimum atomic E-state index is -0.750. The highest BCUT2D eigenvalue weighted by Crippen LogP contribution is 2.18. The lowest BCUT2D eigenvalue weighted by Crippen LogP contribution is -1.98. The van der Waals surface area contributed by atoms with Crippen LogP contribution < -0.4 is 11.5 Å². The fourth-order valence-corrected chi connectivity index (χ4v) is 1.43. The van der Waals surface area contributed by atoms with Gasteiger partial charge in [0.1, 0.15) is 0 Å². The van der Waals surface area contributed by atoms with Gasteiger partial charge in [-0.3, -0.25) is 4.79 Å². The molecular formula is C11H16N2O2. The number of carbonyl (C=O) groups is 1. The first-order valence-corrected chi connectivity index (χ1v) is 4.95. The first-order chi connectivity index (χ1) is 7.09. The number of nitrogen functional groups attached to an aromatic ring is 2. The van der Waals surface area contributed by atoms with E-state index in [1.165, 1.54) is 0 Å². The highest BCUT2D eigenvalue weighted by molar-refractivity contribution is 5.66. The van der Waals surface area contributed by atoms with Crippen molar-refractivity contribution in [3.8, 4) is 0 Å². The molecule has 1 aromatic carbocycles. The van der Waals surface area contributed by atoms with Crippen molar-refractivity contribution in [3.63, 3.8) is 0 Å². The zero-order valence-corrected chi connectivity index (χ0v) is 8.57. The van der Waals surface area contributed by atoms with Crippen molar-refractivity contribution in [1.29, 1.82) is 0 Å². The highest BCUT2D eigenvalue weighted by atomic mass is 16.4. The average molecular weight is 208 g/mol. The van der Waals surface area contributed by atoms with E-state index in [2.05, 4.69) is 0 Å². The number of carboxylic acid groups (broad SMARTS) is 1. The van der Waals surface area contributed by atoms with E-state index < -0.39 is 5.97 Å². The minimum Gasteiger partial charge on any atom is -0.481 e. The topological polar surface area (TPSA) is 89.3 Å². The molecule has 0 aromatic heterocycles. The minimum absolute atomic E-state index is 0.217. The second-order valence-electron chi connectivity index (χ2n) is 3.56. The molecule has 0 amide bonds. The first kappa shape index (κ1) is 11.4. The van der Waals surface area contributed by atoms with E-state index in [9.17, 15) is 4.79 Å². The van der Waals surface area contributed by atoms with Crippen molar-refractivity contribution >= 4 is 17.3 Å². The van der Waals surface area contributed by atoms with Gasteiger partial charge in [-0.2, -0.15) is 0 Å². The largest absolute Gasteiger partial charge is 0.481 e. The molecule has 0 aliphatic heterocycles. The number of benzene rings is 1. The molecule has 82 valence electrons. The van der Waals surface area contributed by atoms with Crippen molar-refractivity contribution in [1.82, 2.24) is 0 Å². The number of hydrogen-bond donors (Lipinski definition) is 3. The number of hydrogen-bond acceptors (Lipinski definition) is 3. The summed E-state index contributed by atoms with van der Waals surface area (Å²) in [6, 6.07) is 5.43. The summed E-state index contributed by atoms with van der Waals surface area (Å²) in [6.07, 6.45) is 2.54. The van der Waals surface area contributed by atoms with Crippen molar-refractivity contribution in [2.75, 3.05) is 11.5 Å². The van der Waals surface area contributed by atoms with Crippen LogP contribution in [0.3, 0.4) is 0 Å². The van der Waals surface area contributed by atoms with E-state index in [4.69, 9.17) is 16.6 Å². The van der Waals surface area contributed by atoms with Crippen LogP contribution in [0, 0.1) is 0 Å². The maximum Gasteiger partial charge on any atom is 0.303 e. The van der Waals surface area contributed by atoms with Crippen LogP contribution in [0.2, 0.25) is 0 Å². The number of anilines is 2. The van der Waals surface area contributed by atoms with Gasteiger partial charge in [0.15, 0.2) is 0 Å². The number of aliphatic carboxylic acids is 1. The third kappa shape index (κ3) is 3.89. The summed E-state index contributed by atoms with van der Waals surface area (Å²) in [5, 5.41) is 8.46. The second kappa shape index (κ2) is 5.24. The summed E-state index contributed by atoms with van der Waals surface area (Å²) >= 11 is 0. The average Bonchev–Trinajstić information content (AvgIpc) is 2.14. The van der Waals surface area contributed by atoms with Crippen LogP contribution in [-0.4, -0.2) is 11.1 Å². The fraction of sp³-hybridized carbons (Fsp3) is 0.364. The highest BCUT2D eigenvalue weighted by Gasteiger charge is 2.01. The van der Waals surface area contributed by atoms with Gasteiger partial charge in [0.25, 0.3) is 0 Å². The molecule has 0 saturated carbocycles. The van der Waals surface area contributed by atoms with E-state index in [1.54, 1.807) is 6.07 Å². The Morgan fingerprint density at radius 1 is 1.27 bits per heavy atom. The summed E-state index contributed by atoms with van der Waals surface area (Å²) in [6.45, 7) is 0. The molecular weight excluding hydrogens is 192 g/mol. The number of unbranched alkanes of at least 4 members (excludes halogenated alkanes) is 1. The first-order valence-electron chi connectivity index (χ1n) is 4.95. The van der Waals surface area contributed by atoms with E-state index in [1.807, 2.05) is 12.1 Å². The lowest BCUT2D eigenvalue weighted by molar-refractivity contribution is -0.137. The Morgan fingerprint density at radius 3 is 2.60 bits per heavy atom. The van der Waals surface area contributed by atoms with Crippen LogP contribution >= 0.6 is 0 Å². The van der Waals surface area contributed by atoms with E-state index in [0.717, 1.165) is 18.4 Å². The van der Waals surface area contributed by atoms with Gasteiger partial charge >= 0.3 is 5.97 Å². The molecule has 0 unspecified atom stereocenters. The van der Waals surface area contributed by atoms with Gasteiger partial charge in [-0.1, -0.05) is 6.07 Å². The van der Waals surface area contributed by atoms with Gasteiger partial charge in [0.05, 0.1) is 0 Å². The Morgan fingerprint density at radius 2 is 2.00 bits per heavy atom. The number of carboxylic acids is 1. The molecule has 4 heteroatoms. The molecule has 0 spiro atoms. The summed E-state index contributed by atoms with van der Waals surface area (Å²) in [5.41, 5.74) is 13.7. The standard InChI is InChI=1S/C11H16N2O2/c12-9-6-5-8(10(13)7-9)3-1-2-4-11(14)15/h5-7H,1-4,12-13H2,(H,14,15). The Hall–Kier alpha value is -1.71. The number of aryl methyl sites for hydroxylation is 1. The zero-order valence-electron chi connectivity index (χ0n) is 8.57. The van der Waals surface area contributed by atoms with Gasteiger partial charge in [-0.15, -0.1) is 0 Å². The smallest absolute Gasteiger partial charge is 0.303 e. The molecule has 0 aliphatic rings. The predicted molar refractivity (Wildman–Crippen MR) is 60.5 cm³/mol. The monoisotopic (exact) mass is 208 g/mol. The Bertz CT molecular complexity index is 350. The molecule has 4 nitrogen and oxygen atoms in total. The van der Waals surface area contributed by atoms with Crippen LogP contribution in [0.15, 0.2) is 18.2 Å². The molecule has 0 saturated heterocycles. The van der Waals surface area contributed by atoms with Crippen molar-refractivity contribution in [2.24, 2.45) is 0 Å². The summed E-state index contributed by atoms with van der Waals surface area (Å²) in [7, 11) is 0. The van der Waals surface area contributed by atoms with Crippen molar-refractivity contribution in [3.05, 3.63) is 23.8 Å². The second-order valence-corrected chi connectivity index (χ2v) is 3.56. The lowest BCUT2D eigenvalue weighted by Gasteiger charge is -2.05. The number of rotatable bonds is 5. The van der Waals surface area contributed by atoms with Crippen LogP contribution in [0.1, 0.15) is 24.8 Å². The fourth-order valence-electron chi connectivity index (χ4n) is 1.43. The van der Waals surface area contributed by atoms with Gasteiger partial charge < -0.3 is 16.6 Å². The maximum absolute atomic E-state index is 10.3. The molecule has 0 fully saturated rings. The molecule has 15 heavy (non-hydrogen) atoms. The van der Waals surface area contributed by atoms with E-state index >= 15 is 0 Å². The molecule has 1 rings (SSSR count). The molecule has 0 atom stereocenters. The molecule has 0 bridgehead atoms. The van der Waals surface area contributed by atoms with E-state index in [-0.39, 0.29) is 6.42 Å². The van der Waals surface area contributed by atoms with Crippen LogP contribution in [0.25, 0.3) is 0 Å². The predicted octanol–water partition coefficient (Wildman–Crippen LogP) is 1.65. The molecule has 0 aliphatic carbocycles. The van der Waals surface area contributed by atoms with Crippen LogP contribution in [0.4, 0.5) is 11.4 Å². The lowest BCUT2D eigenvalue weighted by atomic mass is 10.0. The Balaban J connectivity index is 2.40. The summed E-state index contributed by atoms with van der Waals surface area (Å²) in [4.78, 5) is 10.3. The van der Waals surface area contributed by atoms with Gasteiger partial charge in [0.2, 0.25) is 0 Å². The maximum atomic E-state index is 10.3. The Kier molecular flexibility index (Phi) is 3.97. The summed E-state index contributed by atoms with van der Waals surface area (Å²) < 4.78 is 0. The van der Waals surface area contributed by atoms with Gasteiger partial charge in [-0.05, 0) is 37.0 Å². The quantitative estimate of drug-likeness (QED) is 0.507. The third-order valence-corrected chi connectivity index (χ3v) is 2.26. The van der Waals surface area contributed by atoms with Crippen LogP contribution in [0.5, 0.6) is 0 Å². The molecule has 1 aromatic rings. The molecule has 0 heterocycles. The molecule has 0 radical (unpaired) electrons. The van der Waals surface area contributed by atoms with Gasteiger partial charge in [-0.25, -0.2) is 0 Å². The third-order valence-electron chi connectivity index (χ3n) is 2.26. The Labute approximate surface area is 88.9 Å². The zero-order chi connectivity index (χ0) is 11.3. The normalized spacial score (nSPS) is 10.1. The molecule has 5 N–H and O–H groups in total. The SMILES string of the molecule is Nc1ccc(CCCCC(=O)O)c(N)c1. The van der Waals surface area contributed by atoms with Crippen molar-refractivity contribution in [2.45, 2.75) is 25.7 Å². The summed E-state index contributed by atoms with van der Waals surface area (Å²) in [5.74, 6) is -0.750.